The van der Waals surface area contributed by atoms with Crippen molar-refractivity contribution in [3.05, 3.63) is 89.6 Å². The SMILES string of the molecule is C=C(NC1CC1)c1cccc(-c2cnc3ccc(OCCc4cccc(Cl)c4)nn23)c1. The number of nitrogens with zero attached hydrogens (tertiary/aromatic N) is 3. The third kappa shape index (κ3) is 4.57. The molecule has 0 atom stereocenters. The minimum atomic E-state index is 0.519. The van der Waals surface area contributed by atoms with Gasteiger partial charge in [-0.15, -0.1) is 5.10 Å². The molecular formula is C25H23ClN4O. The van der Waals surface area contributed by atoms with Crippen molar-refractivity contribution < 1.29 is 4.74 Å². The third-order valence-corrected chi connectivity index (χ3v) is 5.57. The number of rotatable bonds is 8. The Bertz CT molecular complexity index is 1250. The Balaban J connectivity index is 1.34. The molecule has 0 bridgehead atoms. The van der Waals surface area contributed by atoms with Gasteiger partial charge < -0.3 is 10.1 Å². The van der Waals surface area contributed by atoms with Crippen molar-refractivity contribution in [1.29, 1.82) is 0 Å². The van der Waals surface area contributed by atoms with E-state index in [1.807, 2.05) is 53.2 Å². The van der Waals surface area contributed by atoms with Crippen LogP contribution in [0, 0.1) is 0 Å². The molecule has 0 saturated heterocycles. The van der Waals surface area contributed by atoms with Gasteiger partial charge in [0.2, 0.25) is 5.88 Å². The van der Waals surface area contributed by atoms with E-state index in [0.717, 1.165) is 45.2 Å². The van der Waals surface area contributed by atoms with Crippen LogP contribution in [0.4, 0.5) is 0 Å². The van der Waals surface area contributed by atoms with Gasteiger partial charge in [-0.2, -0.15) is 0 Å². The Labute approximate surface area is 186 Å². The van der Waals surface area contributed by atoms with Gasteiger partial charge in [-0.05, 0) is 48.2 Å². The summed E-state index contributed by atoms with van der Waals surface area (Å²) < 4.78 is 7.73. The van der Waals surface area contributed by atoms with Crippen LogP contribution in [0.1, 0.15) is 24.0 Å². The number of fused-ring (bicyclic) bond motifs is 1. The monoisotopic (exact) mass is 430 g/mol. The van der Waals surface area contributed by atoms with Crippen molar-refractivity contribution in [3.63, 3.8) is 0 Å². The van der Waals surface area contributed by atoms with Crippen LogP contribution in [-0.4, -0.2) is 27.2 Å². The molecule has 31 heavy (non-hydrogen) atoms. The highest BCUT2D eigenvalue weighted by atomic mass is 35.5. The van der Waals surface area contributed by atoms with Gasteiger partial charge in [0.25, 0.3) is 0 Å². The van der Waals surface area contributed by atoms with E-state index < -0.39 is 0 Å². The number of benzene rings is 2. The second kappa shape index (κ2) is 8.44. The van der Waals surface area contributed by atoms with E-state index in [1.54, 1.807) is 0 Å². The summed E-state index contributed by atoms with van der Waals surface area (Å²) in [5.41, 5.74) is 5.89. The average molecular weight is 431 g/mol. The van der Waals surface area contributed by atoms with Crippen molar-refractivity contribution >= 4 is 22.9 Å². The first-order valence-electron chi connectivity index (χ1n) is 10.4. The van der Waals surface area contributed by atoms with Gasteiger partial charge in [0.15, 0.2) is 5.65 Å². The summed E-state index contributed by atoms with van der Waals surface area (Å²) >= 11 is 6.05. The molecule has 0 amide bonds. The third-order valence-electron chi connectivity index (χ3n) is 5.33. The van der Waals surface area contributed by atoms with Crippen molar-refractivity contribution in [2.75, 3.05) is 6.61 Å². The molecular weight excluding hydrogens is 408 g/mol. The summed E-state index contributed by atoms with van der Waals surface area (Å²) in [7, 11) is 0. The summed E-state index contributed by atoms with van der Waals surface area (Å²) in [5, 5.41) is 8.86. The number of ether oxygens (including phenoxy) is 1. The van der Waals surface area contributed by atoms with Gasteiger partial charge in [-0.1, -0.05) is 48.5 Å². The molecule has 0 aliphatic heterocycles. The molecule has 6 heteroatoms. The van der Waals surface area contributed by atoms with Crippen LogP contribution in [0.25, 0.3) is 22.6 Å². The topological polar surface area (TPSA) is 51.5 Å². The molecule has 2 heterocycles. The lowest BCUT2D eigenvalue weighted by molar-refractivity contribution is 0.305. The van der Waals surface area contributed by atoms with E-state index >= 15 is 0 Å². The molecule has 1 fully saturated rings. The maximum Gasteiger partial charge on any atom is 0.231 e. The van der Waals surface area contributed by atoms with Gasteiger partial charge in [0, 0.05) is 34.8 Å². The number of hydrogen-bond donors (Lipinski definition) is 1. The van der Waals surface area contributed by atoms with Gasteiger partial charge >= 0.3 is 0 Å². The summed E-state index contributed by atoms with van der Waals surface area (Å²) in [6.45, 7) is 4.71. The van der Waals surface area contributed by atoms with Gasteiger partial charge in [0.1, 0.15) is 0 Å². The molecule has 5 nitrogen and oxygen atoms in total. The molecule has 1 N–H and O–H groups in total. The van der Waals surface area contributed by atoms with E-state index in [0.29, 0.717) is 18.5 Å². The minimum Gasteiger partial charge on any atom is -0.476 e. The second-order valence-corrected chi connectivity index (χ2v) is 8.23. The molecule has 2 aromatic carbocycles. The first-order chi connectivity index (χ1) is 15.2. The summed E-state index contributed by atoms with van der Waals surface area (Å²) in [6, 6.07) is 20.4. The fraction of sp³-hybridized carbons (Fsp3) is 0.200. The molecule has 1 aliphatic carbocycles. The Kier molecular flexibility index (Phi) is 5.35. The first kappa shape index (κ1) is 19.6. The van der Waals surface area contributed by atoms with Gasteiger partial charge in [0.05, 0.1) is 18.5 Å². The smallest absolute Gasteiger partial charge is 0.231 e. The predicted molar refractivity (Wildman–Crippen MR) is 124 cm³/mol. The quantitative estimate of drug-likeness (QED) is 0.407. The van der Waals surface area contributed by atoms with Crippen molar-refractivity contribution in [2.45, 2.75) is 25.3 Å². The summed E-state index contributed by atoms with van der Waals surface area (Å²) in [5.74, 6) is 0.560. The largest absolute Gasteiger partial charge is 0.476 e. The standard InChI is InChI=1S/C25H23ClN4O/c1-17(28-22-8-9-22)19-5-3-6-20(15-19)23-16-27-24-10-11-25(29-30(23)24)31-13-12-18-4-2-7-21(26)14-18/h2-7,10-11,14-16,22,28H,1,8-9,12-13H2. The molecule has 5 rings (SSSR count). The van der Waals surface area contributed by atoms with E-state index in [-0.39, 0.29) is 0 Å². The molecule has 156 valence electrons. The molecule has 1 saturated carbocycles. The van der Waals surface area contributed by atoms with Crippen molar-refractivity contribution in [2.24, 2.45) is 0 Å². The van der Waals surface area contributed by atoms with Crippen LogP contribution in [0.15, 0.2) is 73.4 Å². The fourth-order valence-electron chi connectivity index (χ4n) is 3.52. The van der Waals surface area contributed by atoms with Gasteiger partial charge in [-0.3, -0.25) is 0 Å². The molecule has 0 radical (unpaired) electrons. The average Bonchev–Trinajstić information content (AvgIpc) is 3.49. The van der Waals surface area contributed by atoms with Crippen LogP contribution in [0.3, 0.4) is 0 Å². The normalized spacial score (nSPS) is 13.3. The molecule has 2 aromatic heterocycles. The van der Waals surface area contributed by atoms with E-state index in [9.17, 15) is 0 Å². The minimum absolute atomic E-state index is 0.519. The highest BCUT2D eigenvalue weighted by molar-refractivity contribution is 6.30. The number of aromatic nitrogens is 3. The lowest BCUT2D eigenvalue weighted by Crippen LogP contribution is -2.13. The lowest BCUT2D eigenvalue weighted by atomic mass is 10.1. The Morgan fingerprint density at radius 2 is 2.00 bits per heavy atom. The fourth-order valence-corrected chi connectivity index (χ4v) is 3.73. The highest BCUT2D eigenvalue weighted by Crippen LogP contribution is 2.26. The predicted octanol–water partition coefficient (Wildman–Crippen LogP) is 5.39. The van der Waals surface area contributed by atoms with Crippen LogP contribution in [0.2, 0.25) is 5.02 Å². The zero-order valence-electron chi connectivity index (χ0n) is 17.1. The van der Waals surface area contributed by atoms with Crippen molar-refractivity contribution in [3.8, 4) is 17.1 Å². The Hall–Kier alpha value is -3.31. The number of halogens is 1. The summed E-state index contributed by atoms with van der Waals surface area (Å²) in [6.07, 6.45) is 5.04. The van der Waals surface area contributed by atoms with Crippen LogP contribution < -0.4 is 10.1 Å². The maximum absolute atomic E-state index is 6.05. The summed E-state index contributed by atoms with van der Waals surface area (Å²) in [4.78, 5) is 4.50. The van der Waals surface area contributed by atoms with Crippen LogP contribution in [0.5, 0.6) is 5.88 Å². The first-order valence-corrected chi connectivity index (χ1v) is 10.8. The van der Waals surface area contributed by atoms with Crippen molar-refractivity contribution in [1.82, 2.24) is 19.9 Å². The number of nitrogens with one attached hydrogen (secondary N) is 1. The molecule has 1 aliphatic rings. The molecule has 0 spiro atoms. The maximum atomic E-state index is 6.05. The van der Waals surface area contributed by atoms with Gasteiger partial charge in [-0.25, -0.2) is 9.50 Å². The lowest BCUT2D eigenvalue weighted by Gasteiger charge is -2.10. The highest BCUT2D eigenvalue weighted by Gasteiger charge is 2.21. The van der Waals surface area contributed by atoms with E-state index in [4.69, 9.17) is 16.3 Å². The van der Waals surface area contributed by atoms with Crippen LogP contribution >= 0.6 is 11.6 Å². The Morgan fingerprint density at radius 3 is 2.84 bits per heavy atom. The molecule has 4 aromatic rings. The van der Waals surface area contributed by atoms with E-state index in [2.05, 4.69) is 40.2 Å². The Morgan fingerprint density at radius 1 is 1.13 bits per heavy atom. The zero-order valence-corrected chi connectivity index (χ0v) is 17.8. The number of hydrogen-bond acceptors (Lipinski definition) is 4. The number of imidazole rings is 1. The zero-order chi connectivity index (χ0) is 21.2. The van der Waals surface area contributed by atoms with Crippen LogP contribution in [-0.2, 0) is 6.42 Å². The van der Waals surface area contributed by atoms with E-state index in [1.165, 1.54) is 12.8 Å². The second-order valence-electron chi connectivity index (χ2n) is 7.79. The molecule has 0 unspecified atom stereocenters.